The lowest BCUT2D eigenvalue weighted by Gasteiger charge is -2.48. The van der Waals surface area contributed by atoms with E-state index < -0.39 is 5.79 Å². The van der Waals surface area contributed by atoms with Gasteiger partial charge >= 0.3 is 0 Å². The molecule has 3 rings (SSSR count). The van der Waals surface area contributed by atoms with Gasteiger partial charge in [-0.25, -0.2) is 0 Å². The Morgan fingerprint density at radius 3 is 2.89 bits per heavy atom. The maximum atomic E-state index is 9.27. The van der Waals surface area contributed by atoms with E-state index in [1.54, 1.807) is 0 Å². The molecule has 1 aliphatic carbocycles. The zero-order valence-corrected chi connectivity index (χ0v) is 11.7. The van der Waals surface area contributed by atoms with E-state index in [1.807, 2.05) is 0 Å². The highest BCUT2D eigenvalue weighted by Crippen LogP contribution is 2.43. The molecule has 0 bridgehead atoms. The van der Waals surface area contributed by atoms with Crippen LogP contribution >= 0.6 is 0 Å². The summed E-state index contributed by atoms with van der Waals surface area (Å²) in [5, 5.41) is 12.8. The van der Waals surface area contributed by atoms with Crippen molar-refractivity contribution in [2.75, 3.05) is 26.3 Å². The molecule has 108 valence electrons. The minimum Gasteiger partial charge on any atom is -0.411 e. The van der Waals surface area contributed by atoms with Gasteiger partial charge in [0.1, 0.15) is 0 Å². The van der Waals surface area contributed by atoms with Crippen LogP contribution < -0.4 is 0 Å². The van der Waals surface area contributed by atoms with Crippen LogP contribution in [-0.4, -0.2) is 54.0 Å². The maximum absolute atomic E-state index is 9.27. The van der Waals surface area contributed by atoms with Crippen LogP contribution in [0.2, 0.25) is 0 Å². The summed E-state index contributed by atoms with van der Waals surface area (Å²) < 4.78 is 11.7. The largest absolute Gasteiger partial charge is 0.411 e. The van der Waals surface area contributed by atoms with Crippen molar-refractivity contribution < 1.29 is 14.7 Å². The Morgan fingerprint density at radius 1 is 1.42 bits per heavy atom. The molecule has 2 aliphatic heterocycles. The summed E-state index contributed by atoms with van der Waals surface area (Å²) in [6, 6.07) is 0.498. The predicted molar refractivity (Wildman–Crippen MR) is 71.5 cm³/mol. The Hall–Kier alpha value is -0.650. The summed E-state index contributed by atoms with van der Waals surface area (Å²) in [5.41, 5.74) is 0.940. The third-order valence-corrected chi connectivity index (χ3v) is 4.82. The lowest BCUT2D eigenvalue weighted by Crippen LogP contribution is -2.56. The zero-order chi connectivity index (χ0) is 13.3. The molecule has 3 fully saturated rings. The summed E-state index contributed by atoms with van der Waals surface area (Å²) in [6.45, 7) is 5.76. The Kier molecular flexibility index (Phi) is 3.78. The van der Waals surface area contributed by atoms with Gasteiger partial charge in [0.2, 0.25) is 0 Å². The molecule has 0 aromatic carbocycles. The molecule has 5 heteroatoms. The summed E-state index contributed by atoms with van der Waals surface area (Å²) in [5.74, 6) is -0.107. The van der Waals surface area contributed by atoms with E-state index >= 15 is 0 Å². The van der Waals surface area contributed by atoms with Gasteiger partial charge in [0.05, 0.1) is 18.9 Å². The molecule has 2 saturated heterocycles. The molecule has 5 nitrogen and oxygen atoms in total. The van der Waals surface area contributed by atoms with Crippen molar-refractivity contribution in [2.45, 2.75) is 50.9 Å². The molecule has 1 N–H and O–H groups in total. The molecule has 0 amide bonds. The van der Waals surface area contributed by atoms with Crippen molar-refractivity contribution in [3.8, 4) is 0 Å². The van der Waals surface area contributed by atoms with Crippen molar-refractivity contribution in [3.05, 3.63) is 0 Å². The van der Waals surface area contributed by atoms with Crippen LogP contribution in [0.25, 0.3) is 0 Å². The monoisotopic (exact) mass is 268 g/mol. The first-order valence-electron chi connectivity index (χ1n) is 7.51. The third-order valence-electron chi connectivity index (χ3n) is 4.82. The van der Waals surface area contributed by atoms with Gasteiger partial charge in [0.15, 0.2) is 5.79 Å². The Balaban J connectivity index is 1.78. The summed E-state index contributed by atoms with van der Waals surface area (Å²) in [6.07, 6.45) is 4.93. The van der Waals surface area contributed by atoms with Crippen LogP contribution in [0.4, 0.5) is 0 Å². The third kappa shape index (κ3) is 2.39. The molecule has 3 aliphatic rings. The quantitative estimate of drug-likeness (QED) is 0.613. The fourth-order valence-electron chi connectivity index (χ4n) is 3.98. The van der Waals surface area contributed by atoms with Crippen LogP contribution in [0.3, 0.4) is 0 Å². The lowest BCUT2D eigenvalue weighted by molar-refractivity contribution is -0.192. The first-order valence-corrected chi connectivity index (χ1v) is 7.51. The van der Waals surface area contributed by atoms with Crippen LogP contribution in [0.15, 0.2) is 5.16 Å². The number of hydrogen-bond acceptors (Lipinski definition) is 5. The van der Waals surface area contributed by atoms with Crippen LogP contribution in [0.5, 0.6) is 0 Å². The summed E-state index contributed by atoms with van der Waals surface area (Å²) in [4.78, 5) is 2.56. The highest BCUT2D eigenvalue weighted by molar-refractivity contribution is 5.88. The number of fused-ring (bicyclic) bond motifs is 1. The molecule has 0 aromatic heterocycles. The molecule has 0 radical (unpaired) electrons. The van der Waals surface area contributed by atoms with Crippen molar-refractivity contribution in [2.24, 2.45) is 11.1 Å². The van der Waals surface area contributed by atoms with Gasteiger partial charge in [0, 0.05) is 37.8 Å². The van der Waals surface area contributed by atoms with E-state index in [4.69, 9.17) is 9.47 Å². The van der Waals surface area contributed by atoms with Gasteiger partial charge in [-0.2, -0.15) is 0 Å². The topological polar surface area (TPSA) is 54.3 Å². The van der Waals surface area contributed by atoms with Crippen LogP contribution in [-0.2, 0) is 9.47 Å². The van der Waals surface area contributed by atoms with Crippen molar-refractivity contribution in [1.29, 1.82) is 0 Å². The van der Waals surface area contributed by atoms with E-state index in [2.05, 4.69) is 17.0 Å². The average Bonchev–Trinajstić information content (AvgIpc) is 2.87. The maximum Gasteiger partial charge on any atom is 0.169 e. The number of piperidine rings is 1. The highest BCUT2D eigenvalue weighted by atomic mass is 16.7. The van der Waals surface area contributed by atoms with Gasteiger partial charge in [-0.05, 0) is 19.4 Å². The molecule has 0 unspecified atom stereocenters. The number of ether oxygens (including phenoxy) is 2. The van der Waals surface area contributed by atoms with E-state index in [-0.39, 0.29) is 5.92 Å². The van der Waals surface area contributed by atoms with Crippen molar-refractivity contribution in [3.63, 3.8) is 0 Å². The number of likely N-dealkylation sites (tertiary alicyclic amines) is 1. The molecule has 19 heavy (non-hydrogen) atoms. The SMILES string of the molecule is CCCN1CCC(=NO)[C@H]2CC3(CC[C@@H]21)OCCO3. The Labute approximate surface area is 114 Å². The number of rotatable bonds is 2. The minimum absolute atomic E-state index is 0.289. The van der Waals surface area contributed by atoms with E-state index in [0.717, 1.165) is 44.5 Å². The Morgan fingerprint density at radius 2 is 2.21 bits per heavy atom. The molecule has 1 saturated carbocycles. The van der Waals surface area contributed by atoms with Crippen molar-refractivity contribution >= 4 is 5.71 Å². The second kappa shape index (κ2) is 5.38. The predicted octanol–water partition coefficient (Wildman–Crippen LogP) is 1.84. The van der Waals surface area contributed by atoms with Crippen LogP contribution in [0, 0.1) is 5.92 Å². The summed E-state index contributed by atoms with van der Waals surface area (Å²) in [7, 11) is 0. The molecule has 2 atom stereocenters. The van der Waals surface area contributed by atoms with Gasteiger partial charge < -0.3 is 14.7 Å². The van der Waals surface area contributed by atoms with Gasteiger partial charge in [-0.3, -0.25) is 4.90 Å². The zero-order valence-electron chi connectivity index (χ0n) is 11.7. The fraction of sp³-hybridized carbons (Fsp3) is 0.929. The second-order valence-electron chi connectivity index (χ2n) is 5.90. The van der Waals surface area contributed by atoms with Crippen molar-refractivity contribution in [1.82, 2.24) is 4.90 Å². The average molecular weight is 268 g/mol. The highest BCUT2D eigenvalue weighted by Gasteiger charge is 2.49. The first-order chi connectivity index (χ1) is 9.28. The molecule has 2 heterocycles. The molecule has 0 aromatic rings. The van der Waals surface area contributed by atoms with Gasteiger partial charge in [-0.1, -0.05) is 12.1 Å². The van der Waals surface area contributed by atoms with E-state index in [9.17, 15) is 5.21 Å². The molecule has 1 spiro atoms. The van der Waals surface area contributed by atoms with E-state index in [1.165, 1.54) is 6.42 Å². The number of hydrogen-bond donors (Lipinski definition) is 1. The molecular weight excluding hydrogens is 244 g/mol. The standard InChI is InChI=1S/C14H24N2O3/c1-2-6-16-7-4-12(15-17)11-10-14(5-3-13(11)16)18-8-9-19-14/h11,13,17H,2-10H2,1H3/t11-,13+/m1/s1. The second-order valence-corrected chi connectivity index (χ2v) is 5.90. The van der Waals surface area contributed by atoms with Gasteiger partial charge in [-0.15, -0.1) is 0 Å². The van der Waals surface area contributed by atoms with Gasteiger partial charge in [0.25, 0.3) is 0 Å². The first kappa shape index (κ1) is 13.3. The smallest absolute Gasteiger partial charge is 0.169 e. The lowest BCUT2D eigenvalue weighted by atomic mass is 9.74. The van der Waals surface area contributed by atoms with E-state index in [0.29, 0.717) is 19.3 Å². The number of oxime groups is 1. The van der Waals surface area contributed by atoms with Crippen LogP contribution in [0.1, 0.15) is 39.0 Å². The summed E-state index contributed by atoms with van der Waals surface area (Å²) >= 11 is 0. The normalized spacial score (nSPS) is 36.8. The number of nitrogens with zero attached hydrogens (tertiary/aromatic N) is 2. The fourth-order valence-corrected chi connectivity index (χ4v) is 3.98. The molecular formula is C14H24N2O3. The minimum atomic E-state index is -0.396. The Bertz CT molecular complexity index is 353.